The molecular weight excluding hydrogens is 185 g/mol. The number of fused-ring (bicyclic) bond motifs is 2. The quantitative estimate of drug-likeness (QED) is 0.688. The van der Waals surface area contributed by atoms with Gasteiger partial charge in [-0.25, -0.2) is 0 Å². The highest BCUT2D eigenvalue weighted by molar-refractivity contribution is 7.13. The lowest BCUT2D eigenvalue weighted by Crippen LogP contribution is -2.36. The van der Waals surface area contributed by atoms with Gasteiger partial charge in [0, 0.05) is 18.5 Å². The number of carboxylic acid groups (broad SMARTS) is 1. The van der Waals surface area contributed by atoms with Crippen LogP contribution in [0.15, 0.2) is 0 Å². The normalized spacial score (nSPS) is 39.3. The Morgan fingerprint density at radius 3 is 2.38 bits per heavy atom. The van der Waals surface area contributed by atoms with Crippen LogP contribution in [0.3, 0.4) is 0 Å². The molecule has 0 saturated carbocycles. The van der Waals surface area contributed by atoms with Crippen LogP contribution < -0.4 is 0 Å². The van der Waals surface area contributed by atoms with Crippen molar-refractivity contribution in [3.63, 3.8) is 0 Å². The first-order valence-corrected chi connectivity index (χ1v) is 5.43. The Hall–Kier alpha value is -0.140. The molecule has 2 saturated heterocycles. The van der Waals surface area contributed by atoms with Gasteiger partial charge >= 0.3 is 5.97 Å². The molecule has 4 atom stereocenters. The molecule has 2 aliphatic heterocycles. The molecule has 3 nitrogen and oxygen atoms in total. The second-order valence-corrected chi connectivity index (χ2v) is 4.86. The van der Waals surface area contributed by atoms with Gasteiger partial charge in [-0.05, 0) is 31.6 Å². The van der Waals surface area contributed by atoms with Gasteiger partial charge in [-0.1, -0.05) is 9.39 Å². The van der Waals surface area contributed by atoms with Gasteiger partial charge in [0.1, 0.15) is 0 Å². The van der Waals surface area contributed by atoms with Crippen molar-refractivity contribution in [2.24, 2.45) is 5.92 Å². The molecule has 0 amide bonds. The minimum atomic E-state index is -0.637. The number of aliphatic carboxylic acids is 1. The number of hydrogen-bond donors (Lipinski definition) is 1. The minimum Gasteiger partial charge on any atom is -0.481 e. The molecule has 2 rings (SSSR count). The fourth-order valence-electron chi connectivity index (χ4n) is 2.74. The topological polar surface area (TPSA) is 40.5 Å². The largest absolute Gasteiger partial charge is 0.481 e. The smallest absolute Gasteiger partial charge is 0.303 e. The van der Waals surface area contributed by atoms with E-state index < -0.39 is 5.97 Å². The molecule has 0 aromatic heterocycles. The molecule has 0 aromatic rings. The van der Waals surface area contributed by atoms with Crippen molar-refractivity contribution in [2.75, 3.05) is 0 Å². The molecule has 0 spiro atoms. The van der Waals surface area contributed by atoms with Crippen molar-refractivity contribution in [1.29, 1.82) is 0 Å². The van der Waals surface area contributed by atoms with E-state index in [1.165, 1.54) is 12.8 Å². The van der Waals surface area contributed by atoms with Crippen molar-refractivity contribution >= 4 is 15.4 Å². The first kappa shape index (κ1) is 9.42. The number of hydrogen-bond acceptors (Lipinski definition) is 2. The van der Waals surface area contributed by atoms with E-state index in [4.69, 9.17) is 5.11 Å². The average molecular weight is 201 g/mol. The Morgan fingerprint density at radius 1 is 1.38 bits per heavy atom. The fourth-order valence-corrected chi connectivity index (χ4v) is 3.28. The van der Waals surface area contributed by atoms with Crippen molar-refractivity contribution in [3.8, 4) is 0 Å². The van der Waals surface area contributed by atoms with Gasteiger partial charge in [-0.2, -0.15) is 0 Å². The molecule has 0 aromatic carbocycles. The van der Waals surface area contributed by atoms with Crippen LogP contribution >= 0.6 is 9.39 Å². The third-order valence-electron chi connectivity index (χ3n) is 3.35. The van der Waals surface area contributed by atoms with E-state index in [-0.39, 0.29) is 0 Å². The highest BCUT2D eigenvalue weighted by atomic mass is 31.0. The standard InChI is InChI=1S/C9H16NO2P/c11-9(12)5-6-3-7-1-2-8(4-6)10(7)13/h6-8H,1-5,13H2,(H,11,12)/t6?,7-,8+. The lowest BCUT2D eigenvalue weighted by Gasteiger charge is -2.35. The van der Waals surface area contributed by atoms with E-state index >= 15 is 0 Å². The Bertz CT molecular complexity index is 208. The predicted octanol–water partition coefficient (Wildman–Crippen LogP) is 1.49. The third-order valence-corrected chi connectivity index (χ3v) is 4.19. The summed E-state index contributed by atoms with van der Waals surface area (Å²) in [7, 11) is 2.79. The lowest BCUT2D eigenvalue weighted by molar-refractivity contribution is -0.138. The summed E-state index contributed by atoms with van der Waals surface area (Å²) in [4.78, 5) is 10.6. The molecular formula is C9H16NO2P. The molecule has 0 aliphatic carbocycles. The fraction of sp³-hybridized carbons (Fsp3) is 0.889. The summed E-state index contributed by atoms with van der Waals surface area (Å²) in [6, 6.07) is 1.26. The monoisotopic (exact) mass is 201 g/mol. The summed E-state index contributed by atoms with van der Waals surface area (Å²) in [5, 5.41) is 8.71. The molecule has 13 heavy (non-hydrogen) atoms. The summed E-state index contributed by atoms with van der Waals surface area (Å²) in [6.07, 6.45) is 5.03. The molecule has 2 fully saturated rings. The molecule has 1 N–H and O–H groups in total. The first-order valence-electron chi connectivity index (χ1n) is 4.91. The summed E-state index contributed by atoms with van der Waals surface area (Å²) >= 11 is 0. The van der Waals surface area contributed by atoms with Crippen LogP contribution in [0, 0.1) is 5.92 Å². The molecule has 2 aliphatic rings. The summed E-state index contributed by atoms with van der Waals surface area (Å²) in [6.45, 7) is 0. The van der Waals surface area contributed by atoms with Crippen molar-refractivity contribution in [1.82, 2.24) is 4.67 Å². The Balaban J connectivity index is 1.95. The van der Waals surface area contributed by atoms with E-state index in [1.54, 1.807) is 0 Å². The minimum absolute atomic E-state index is 0.367. The van der Waals surface area contributed by atoms with E-state index in [0.29, 0.717) is 24.4 Å². The third kappa shape index (κ3) is 1.87. The van der Waals surface area contributed by atoms with Crippen LogP contribution in [0.1, 0.15) is 32.1 Å². The second-order valence-electron chi connectivity index (χ2n) is 4.27. The molecule has 2 bridgehead atoms. The zero-order valence-corrected chi connectivity index (χ0v) is 8.80. The van der Waals surface area contributed by atoms with Gasteiger partial charge in [0.15, 0.2) is 0 Å². The van der Waals surface area contributed by atoms with Crippen LogP contribution in [-0.2, 0) is 4.79 Å². The van der Waals surface area contributed by atoms with Crippen LogP contribution in [0.5, 0.6) is 0 Å². The lowest BCUT2D eigenvalue weighted by atomic mass is 9.90. The van der Waals surface area contributed by atoms with Gasteiger partial charge in [-0.15, -0.1) is 0 Å². The van der Waals surface area contributed by atoms with E-state index in [2.05, 4.69) is 14.1 Å². The van der Waals surface area contributed by atoms with E-state index in [9.17, 15) is 4.79 Å². The van der Waals surface area contributed by atoms with Gasteiger partial charge in [-0.3, -0.25) is 9.46 Å². The summed E-state index contributed by atoms with van der Waals surface area (Å²) < 4.78 is 2.36. The maximum absolute atomic E-state index is 10.6. The number of carboxylic acids is 1. The summed E-state index contributed by atoms with van der Waals surface area (Å²) in [5.74, 6) is -0.214. The number of piperidine rings is 1. The first-order chi connectivity index (χ1) is 6.16. The van der Waals surface area contributed by atoms with Gasteiger partial charge in [0.2, 0.25) is 0 Å². The maximum atomic E-state index is 10.6. The van der Waals surface area contributed by atoms with Crippen LogP contribution in [0.4, 0.5) is 0 Å². The Morgan fingerprint density at radius 2 is 1.92 bits per heavy atom. The van der Waals surface area contributed by atoms with E-state index in [1.807, 2.05) is 0 Å². The maximum Gasteiger partial charge on any atom is 0.303 e. The number of carbonyl (C=O) groups is 1. The van der Waals surface area contributed by atoms with Crippen LogP contribution in [0.2, 0.25) is 0 Å². The molecule has 74 valence electrons. The van der Waals surface area contributed by atoms with Crippen LogP contribution in [0.25, 0.3) is 0 Å². The molecule has 2 unspecified atom stereocenters. The predicted molar refractivity (Wildman–Crippen MR) is 53.3 cm³/mol. The second kappa shape index (κ2) is 3.55. The number of rotatable bonds is 2. The van der Waals surface area contributed by atoms with Crippen molar-refractivity contribution in [2.45, 2.75) is 44.2 Å². The highest BCUT2D eigenvalue weighted by Gasteiger charge is 2.38. The summed E-state index contributed by atoms with van der Waals surface area (Å²) in [5.41, 5.74) is 0. The van der Waals surface area contributed by atoms with Gasteiger partial charge in [0.25, 0.3) is 0 Å². The Labute approximate surface area is 80.7 Å². The van der Waals surface area contributed by atoms with Gasteiger partial charge in [0.05, 0.1) is 0 Å². The Kier molecular flexibility index (Phi) is 2.57. The van der Waals surface area contributed by atoms with Crippen molar-refractivity contribution in [3.05, 3.63) is 0 Å². The zero-order valence-electron chi connectivity index (χ0n) is 7.65. The molecule has 2 heterocycles. The molecule has 4 heteroatoms. The van der Waals surface area contributed by atoms with Gasteiger partial charge < -0.3 is 5.11 Å². The highest BCUT2D eigenvalue weighted by Crippen LogP contribution is 2.41. The van der Waals surface area contributed by atoms with Crippen molar-refractivity contribution < 1.29 is 9.90 Å². The van der Waals surface area contributed by atoms with E-state index in [0.717, 1.165) is 12.8 Å². The molecule has 0 radical (unpaired) electrons. The SMILES string of the molecule is O=C(O)CC1C[C@H]2CC[C@@H](C1)N2P. The van der Waals surface area contributed by atoms with Crippen LogP contribution in [-0.4, -0.2) is 27.8 Å². The zero-order chi connectivity index (χ0) is 9.42. The average Bonchev–Trinajstić information content (AvgIpc) is 2.33. The number of nitrogens with zero attached hydrogens (tertiary/aromatic N) is 1.